The molecule has 1 amide bonds. The van der Waals surface area contributed by atoms with Crippen LogP contribution < -0.4 is 4.90 Å². The van der Waals surface area contributed by atoms with Gasteiger partial charge in [0.15, 0.2) is 5.13 Å². The van der Waals surface area contributed by atoms with Gasteiger partial charge in [-0.25, -0.2) is 9.97 Å². The first-order valence-electron chi connectivity index (χ1n) is 11.5. The van der Waals surface area contributed by atoms with Crippen LogP contribution in [0.4, 0.5) is 5.13 Å². The van der Waals surface area contributed by atoms with Crippen LogP contribution in [-0.4, -0.2) is 15.9 Å². The highest BCUT2D eigenvalue weighted by molar-refractivity contribution is 9.10. The van der Waals surface area contributed by atoms with Crippen LogP contribution in [0.5, 0.6) is 0 Å². The van der Waals surface area contributed by atoms with E-state index >= 15 is 0 Å². The van der Waals surface area contributed by atoms with Crippen molar-refractivity contribution >= 4 is 59.4 Å². The fraction of sp³-hybridized carbons (Fsp3) is 0.0333. The Morgan fingerprint density at radius 2 is 1.50 bits per heavy atom. The van der Waals surface area contributed by atoms with Crippen LogP contribution in [-0.2, 0) is 6.54 Å². The van der Waals surface area contributed by atoms with E-state index in [0.29, 0.717) is 17.2 Å². The second-order valence-electron chi connectivity index (χ2n) is 8.42. The van der Waals surface area contributed by atoms with Gasteiger partial charge in [-0.1, -0.05) is 106 Å². The monoisotopic (exact) mass is 549 g/mol. The molecule has 0 aliphatic carbocycles. The number of aromatic nitrogens is 2. The smallest absolute Gasteiger partial charge is 0.261 e. The molecule has 0 unspecified atom stereocenters. The van der Waals surface area contributed by atoms with Crippen molar-refractivity contribution in [3.05, 3.63) is 125 Å². The molecule has 4 aromatic carbocycles. The Kier molecular flexibility index (Phi) is 6.05. The van der Waals surface area contributed by atoms with Crippen molar-refractivity contribution in [2.45, 2.75) is 6.54 Å². The molecule has 0 fully saturated rings. The van der Waals surface area contributed by atoms with E-state index < -0.39 is 0 Å². The maximum absolute atomic E-state index is 14.3. The third-order valence-electron chi connectivity index (χ3n) is 6.01. The Balaban J connectivity index is 1.52. The van der Waals surface area contributed by atoms with Crippen molar-refractivity contribution in [1.29, 1.82) is 0 Å². The maximum Gasteiger partial charge on any atom is 0.261 e. The van der Waals surface area contributed by atoms with Crippen molar-refractivity contribution in [1.82, 2.24) is 9.97 Å². The van der Waals surface area contributed by atoms with Gasteiger partial charge in [0, 0.05) is 15.4 Å². The normalized spacial score (nSPS) is 11.1. The first-order chi connectivity index (χ1) is 17.7. The summed E-state index contributed by atoms with van der Waals surface area (Å²) in [4.78, 5) is 25.8. The third kappa shape index (κ3) is 4.41. The summed E-state index contributed by atoms with van der Waals surface area (Å²) in [6.45, 7) is 0.415. The first-order valence-corrected chi connectivity index (χ1v) is 13.1. The number of benzene rings is 4. The minimum atomic E-state index is -0.104. The van der Waals surface area contributed by atoms with Gasteiger partial charge in [0.25, 0.3) is 5.91 Å². The zero-order valence-corrected chi connectivity index (χ0v) is 21.5. The number of carbonyl (C=O) groups excluding carboxylic acids is 1. The number of anilines is 1. The number of pyridine rings is 1. The van der Waals surface area contributed by atoms with Crippen LogP contribution in [0.25, 0.3) is 32.4 Å². The van der Waals surface area contributed by atoms with E-state index in [-0.39, 0.29) is 5.91 Å². The van der Waals surface area contributed by atoms with E-state index in [1.807, 2.05) is 109 Å². The summed E-state index contributed by atoms with van der Waals surface area (Å²) >= 11 is 5.06. The molecule has 0 atom stereocenters. The van der Waals surface area contributed by atoms with Crippen LogP contribution in [0.3, 0.4) is 0 Å². The SMILES string of the molecule is O=C(c1cc(-c2ccccc2)nc2ccccc12)N(Cc1ccccc1)c1nc2ccc(Br)cc2s1. The second kappa shape index (κ2) is 9.64. The van der Waals surface area contributed by atoms with E-state index in [1.54, 1.807) is 4.90 Å². The summed E-state index contributed by atoms with van der Waals surface area (Å²) < 4.78 is 2.01. The third-order valence-corrected chi connectivity index (χ3v) is 7.55. The highest BCUT2D eigenvalue weighted by Crippen LogP contribution is 2.34. The lowest BCUT2D eigenvalue weighted by molar-refractivity contribution is 0.0986. The van der Waals surface area contributed by atoms with Gasteiger partial charge in [0.2, 0.25) is 0 Å². The van der Waals surface area contributed by atoms with Gasteiger partial charge in [0.1, 0.15) is 0 Å². The number of thiazole rings is 1. The number of hydrogen-bond donors (Lipinski definition) is 0. The van der Waals surface area contributed by atoms with Crippen molar-refractivity contribution in [3.8, 4) is 11.3 Å². The van der Waals surface area contributed by atoms with E-state index in [2.05, 4.69) is 15.9 Å². The number of amides is 1. The van der Waals surface area contributed by atoms with Gasteiger partial charge in [-0.15, -0.1) is 0 Å². The number of halogens is 1. The number of rotatable bonds is 5. The van der Waals surface area contributed by atoms with Gasteiger partial charge in [0.05, 0.1) is 33.5 Å². The maximum atomic E-state index is 14.3. The zero-order chi connectivity index (χ0) is 24.5. The molecule has 0 saturated heterocycles. The highest BCUT2D eigenvalue weighted by atomic mass is 79.9. The Morgan fingerprint density at radius 1 is 0.778 bits per heavy atom. The van der Waals surface area contributed by atoms with Crippen LogP contribution in [0.15, 0.2) is 114 Å². The first kappa shape index (κ1) is 22.6. The van der Waals surface area contributed by atoms with E-state index in [9.17, 15) is 4.79 Å². The summed E-state index contributed by atoms with van der Waals surface area (Å²) in [5, 5.41) is 1.49. The molecule has 6 heteroatoms. The van der Waals surface area contributed by atoms with E-state index in [4.69, 9.17) is 9.97 Å². The molecule has 0 aliphatic heterocycles. The van der Waals surface area contributed by atoms with E-state index in [1.165, 1.54) is 11.3 Å². The lowest BCUT2D eigenvalue weighted by Gasteiger charge is -2.21. The number of fused-ring (bicyclic) bond motifs is 2. The Morgan fingerprint density at radius 3 is 2.31 bits per heavy atom. The molecule has 4 nitrogen and oxygen atoms in total. The summed E-state index contributed by atoms with van der Waals surface area (Å²) in [5.74, 6) is -0.104. The fourth-order valence-corrected chi connectivity index (χ4v) is 5.76. The molecule has 2 aromatic heterocycles. The summed E-state index contributed by atoms with van der Waals surface area (Å²) in [6.07, 6.45) is 0. The molecule has 6 rings (SSSR count). The minimum Gasteiger partial charge on any atom is -0.279 e. The number of para-hydroxylation sites is 1. The van der Waals surface area contributed by atoms with Crippen molar-refractivity contribution in [3.63, 3.8) is 0 Å². The molecule has 0 N–H and O–H groups in total. The zero-order valence-electron chi connectivity index (χ0n) is 19.1. The molecule has 0 saturated carbocycles. The van der Waals surface area contributed by atoms with Crippen molar-refractivity contribution < 1.29 is 4.79 Å². The molecule has 0 radical (unpaired) electrons. The van der Waals surface area contributed by atoms with E-state index in [0.717, 1.165) is 42.4 Å². The molecule has 6 aromatic rings. The summed E-state index contributed by atoms with van der Waals surface area (Å²) in [7, 11) is 0. The van der Waals surface area contributed by atoms with Crippen LogP contribution in [0.2, 0.25) is 0 Å². The molecule has 0 bridgehead atoms. The highest BCUT2D eigenvalue weighted by Gasteiger charge is 2.24. The van der Waals surface area contributed by atoms with Crippen LogP contribution in [0, 0.1) is 0 Å². The molecule has 2 heterocycles. The second-order valence-corrected chi connectivity index (χ2v) is 10.3. The van der Waals surface area contributed by atoms with Gasteiger partial charge < -0.3 is 0 Å². The molecule has 174 valence electrons. The average Bonchev–Trinajstić information content (AvgIpc) is 3.34. The Bertz CT molecular complexity index is 1700. The van der Waals surface area contributed by atoms with Crippen LogP contribution >= 0.6 is 27.3 Å². The standard InChI is InChI=1S/C30H20BrN3OS/c31-22-15-16-26-28(17-22)36-30(33-26)34(19-20-9-3-1-4-10-20)29(35)24-18-27(21-11-5-2-6-12-21)32-25-14-8-7-13-23(24)25/h1-18H,19H2. The van der Waals surface area contributed by atoms with Crippen molar-refractivity contribution in [2.75, 3.05) is 4.90 Å². The fourth-order valence-electron chi connectivity index (χ4n) is 4.25. The predicted molar refractivity (Wildman–Crippen MR) is 151 cm³/mol. The van der Waals surface area contributed by atoms with Gasteiger partial charge in [-0.05, 0) is 35.9 Å². The lowest BCUT2D eigenvalue weighted by atomic mass is 10.0. The molecule has 36 heavy (non-hydrogen) atoms. The molecule has 0 spiro atoms. The number of hydrogen-bond acceptors (Lipinski definition) is 4. The molecular formula is C30H20BrN3OS. The topological polar surface area (TPSA) is 46.1 Å². The number of nitrogens with zero attached hydrogens (tertiary/aromatic N) is 3. The summed E-state index contributed by atoms with van der Waals surface area (Å²) in [6, 6.07) is 35.7. The predicted octanol–water partition coefficient (Wildman–Crippen LogP) is 8.12. The number of carbonyl (C=O) groups is 1. The Hall–Kier alpha value is -3.87. The van der Waals surface area contributed by atoms with Gasteiger partial charge >= 0.3 is 0 Å². The van der Waals surface area contributed by atoms with Gasteiger partial charge in [-0.3, -0.25) is 9.69 Å². The molecule has 0 aliphatic rings. The minimum absolute atomic E-state index is 0.104. The Labute approximate surface area is 221 Å². The largest absolute Gasteiger partial charge is 0.279 e. The average molecular weight is 550 g/mol. The molecular weight excluding hydrogens is 530 g/mol. The summed E-state index contributed by atoms with van der Waals surface area (Å²) in [5.41, 5.74) is 5.04. The van der Waals surface area contributed by atoms with Crippen molar-refractivity contribution in [2.24, 2.45) is 0 Å². The van der Waals surface area contributed by atoms with Crippen LogP contribution in [0.1, 0.15) is 15.9 Å². The quantitative estimate of drug-likeness (QED) is 0.218. The van der Waals surface area contributed by atoms with Gasteiger partial charge in [-0.2, -0.15) is 0 Å². The lowest BCUT2D eigenvalue weighted by Crippen LogP contribution is -2.30.